The Bertz CT molecular complexity index is 517. The monoisotopic (exact) mass is 248 g/mol. The molecule has 0 saturated heterocycles. The molecule has 0 amide bonds. The summed E-state index contributed by atoms with van der Waals surface area (Å²) in [4.78, 5) is 1.21. The minimum absolute atomic E-state index is 0.551. The van der Waals surface area contributed by atoms with Gasteiger partial charge in [0.2, 0.25) is 0 Å². The lowest BCUT2D eigenvalue weighted by atomic mass is 10.0. The number of thiophene rings is 1. The van der Waals surface area contributed by atoms with E-state index >= 15 is 0 Å². The minimum Gasteiger partial charge on any atom is -0.496 e. The lowest BCUT2D eigenvalue weighted by molar-refractivity contribution is 0.220. The molecule has 0 bridgehead atoms. The fourth-order valence-corrected chi connectivity index (χ4v) is 2.59. The van der Waals surface area contributed by atoms with Gasteiger partial charge in [-0.15, -0.1) is 11.3 Å². The highest BCUT2D eigenvalue weighted by molar-refractivity contribution is 7.10. The van der Waals surface area contributed by atoms with Gasteiger partial charge < -0.3 is 9.84 Å². The Hall–Kier alpha value is -1.32. The van der Waals surface area contributed by atoms with Gasteiger partial charge >= 0.3 is 0 Å². The minimum atomic E-state index is -0.551. The van der Waals surface area contributed by atoms with E-state index in [2.05, 4.69) is 0 Å². The maximum Gasteiger partial charge on any atom is 0.121 e. The summed E-state index contributed by atoms with van der Waals surface area (Å²) in [6.07, 6.45) is -0.551. The molecular formula is C14H16O2S. The van der Waals surface area contributed by atoms with Crippen LogP contribution >= 0.6 is 11.3 Å². The highest BCUT2D eigenvalue weighted by Gasteiger charge is 2.12. The van der Waals surface area contributed by atoms with Crippen LogP contribution in [0.4, 0.5) is 0 Å². The summed E-state index contributed by atoms with van der Waals surface area (Å²) in [5, 5.41) is 12.3. The van der Waals surface area contributed by atoms with Crippen LogP contribution in [0.3, 0.4) is 0 Å². The van der Waals surface area contributed by atoms with Gasteiger partial charge in [-0.05, 0) is 54.1 Å². The second-order valence-corrected chi connectivity index (χ2v) is 5.24. The molecule has 0 radical (unpaired) electrons. The molecule has 1 aromatic heterocycles. The predicted molar refractivity (Wildman–Crippen MR) is 70.8 cm³/mol. The van der Waals surface area contributed by atoms with Gasteiger partial charge in [0, 0.05) is 4.88 Å². The molecule has 2 nitrogen and oxygen atoms in total. The van der Waals surface area contributed by atoms with Gasteiger partial charge in [0.25, 0.3) is 0 Å². The van der Waals surface area contributed by atoms with E-state index in [1.165, 1.54) is 4.88 Å². The van der Waals surface area contributed by atoms with Crippen molar-refractivity contribution in [2.75, 3.05) is 7.11 Å². The normalized spacial score (nSPS) is 12.5. The van der Waals surface area contributed by atoms with E-state index in [9.17, 15) is 5.11 Å². The van der Waals surface area contributed by atoms with Crippen molar-refractivity contribution in [3.63, 3.8) is 0 Å². The number of hydrogen-bond donors (Lipinski definition) is 1. The zero-order valence-corrected chi connectivity index (χ0v) is 11.0. The highest BCUT2D eigenvalue weighted by atomic mass is 32.1. The van der Waals surface area contributed by atoms with E-state index in [-0.39, 0.29) is 0 Å². The topological polar surface area (TPSA) is 29.5 Å². The van der Waals surface area contributed by atoms with Crippen molar-refractivity contribution < 1.29 is 9.84 Å². The van der Waals surface area contributed by atoms with Crippen molar-refractivity contribution in [3.8, 4) is 5.75 Å². The fourth-order valence-electron chi connectivity index (χ4n) is 1.87. The molecule has 1 atom stereocenters. The van der Waals surface area contributed by atoms with Crippen LogP contribution in [0.5, 0.6) is 5.75 Å². The lowest BCUT2D eigenvalue weighted by Crippen LogP contribution is -1.99. The fraction of sp³-hybridized carbons (Fsp3) is 0.286. The highest BCUT2D eigenvalue weighted by Crippen LogP contribution is 2.29. The SMILES string of the molecule is COc1ccc(C(O)c2csc(C)c2)cc1C. The average molecular weight is 248 g/mol. The molecule has 17 heavy (non-hydrogen) atoms. The quantitative estimate of drug-likeness (QED) is 0.901. The number of hydrogen-bond acceptors (Lipinski definition) is 3. The van der Waals surface area contributed by atoms with Gasteiger partial charge in [-0.1, -0.05) is 6.07 Å². The standard InChI is InChI=1S/C14H16O2S/c1-9-6-11(4-5-13(9)16-3)14(15)12-7-10(2)17-8-12/h4-8,14-15H,1-3H3. The van der Waals surface area contributed by atoms with E-state index < -0.39 is 6.10 Å². The molecule has 1 unspecified atom stereocenters. The molecule has 3 heteroatoms. The molecule has 2 aromatic rings. The van der Waals surface area contributed by atoms with Gasteiger partial charge in [-0.2, -0.15) is 0 Å². The van der Waals surface area contributed by atoms with Crippen molar-refractivity contribution >= 4 is 11.3 Å². The van der Waals surface area contributed by atoms with Crippen molar-refractivity contribution in [1.29, 1.82) is 0 Å². The Kier molecular flexibility index (Phi) is 3.50. The Balaban J connectivity index is 2.31. The van der Waals surface area contributed by atoms with Crippen molar-refractivity contribution in [2.45, 2.75) is 20.0 Å². The van der Waals surface area contributed by atoms with Gasteiger partial charge in [0.1, 0.15) is 11.9 Å². The van der Waals surface area contributed by atoms with Crippen molar-refractivity contribution in [3.05, 3.63) is 51.2 Å². The lowest BCUT2D eigenvalue weighted by Gasteiger charge is -2.12. The number of ether oxygens (including phenoxy) is 1. The molecule has 0 fully saturated rings. The van der Waals surface area contributed by atoms with Crippen LogP contribution in [0.15, 0.2) is 29.6 Å². The summed E-state index contributed by atoms with van der Waals surface area (Å²) in [5.41, 5.74) is 2.90. The Morgan fingerprint density at radius 2 is 1.94 bits per heavy atom. The summed E-state index contributed by atoms with van der Waals surface area (Å²) in [6, 6.07) is 7.79. The van der Waals surface area contributed by atoms with E-state index in [1.54, 1.807) is 18.4 Å². The van der Waals surface area contributed by atoms with Crippen LogP contribution in [0.25, 0.3) is 0 Å². The van der Waals surface area contributed by atoms with E-state index in [1.807, 2.05) is 43.5 Å². The molecule has 0 spiro atoms. The first-order valence-corrected chi connectivity index (χ1v) is 6.37. The largest absolute Gasteiger partial charge is 0.496 e. The Labute approximate surface area is 105 Å². The van der Waals surface area contributed by atoms with E-state index in [0.29, 0.717) is 0 Å². The molecule has 90 valence electrons. The van der Waals surface area contributed by atoms with Gasteiger partial charge in [-0.3, -0.25) is 0 Å². The smallest absolute Gasteiger partial charge is 0.121 e. The molecule has 1 aromatic carbocycles. The Morgan fingerprint density at radius 1 is 1.18 bits per heavy atom. The van der Waals surface area contributed by atoms with Crippen LogP contribution in [-0.2, 0) is 0 Å². The molecule has 0 saturated carbocycles. The van der Waals surface area contributed by atoms with Crippen LogP contribution in [0.1, 0.15) is 27.7 Å². The first kappa shape index (κ1) is 12.1. The number of benzene rings is 1. The number of aryl methyl sites for hydroxylation is 2. The maximum atomic E-state index is 10.3. The van der Waals surface area contributed by atoms with Gasteiger partial charge in [0.15, 0.2) is 0 Å². The maximum absolute atomic E-state index is 10.3. The van der Waals surface area contributed by atoms with Gasteiger partial charge in [0.05, 0.1) is 7.11 Å². The summed E-state index contributed by atoms with van der Waals surface area (Å²) in [6.45, 7) is 4.02. The van der Waals surface area contributed by atoms with Gasteiger partial charge in [-0.25, -0.2) is 0 Å². The zero-order valence-electron chi connectivity index (χ0n) is 10.2. The van der Waals surface area contributed by atoms with Crippen LogP contribution in [0, 0.1) is 13.8 Å². The number of methoxy groups -OCH3 is 1. The molecule has 0 aliphatic carbocycles. The van der Waals surface area contributed by atoms with E-state index in [0.717, 1.165) is 22.4 Å². The third-order valence-corrected chi connectivity index (χ3v) is 3.68. The molecule has 0 aliphatic heterocycles. The van der Waals surface area contributed by atoms with Crippen LogP contribution in [-0.4, -0.2) is 12.2 Å². The first-order chi connectivity index (χ1) is 8.11. The molecule has 0 aliphatic rings. The first-order valence-electron chi connectivity index (χ1n) is 5.49. The second kappa shape index (κ2) is 4.90. The van der Waals surface area contributed by atoms with Crippen LogP contribution < -0.4 is 4.74 Å². The van der Waals surface area contributed by atoms with Crippen LogP contribution in [0.2, 0.25) is 0 Å². The van der Waals surface area contributed by atoms with Crippen molar-refractivity contribution in [2.24, 2.45) is 0 Å². The van der Waals surface area contributed by atoms with E-state index in [4.69, 9.17) is 4.74 Å². The number of aliphatic hydroxyl groups is 1. The molecular weight excluding hydrogens is 232 g/mol. The summed E-state index contributed by atoms with van der Waals surface area (Å²) < 4.78 is 5.21. The summed E-state index contributed by atoms with van der Waals surface area (Å²) >= 11 is 1.65. The summed E-state index contributed by atoms with van der Waals surface area (Å²) in [7, 11) is 1.65. The second-order valence-electron chi connectivity index (χ2n) is 4.12. The molecule has 1 N–H and O–H groups in total. The zero-order chi connectivity index (χ0) is 12.4. The number of rotatable bonds is 3. The third-order valence-electron chi connectivity index (χ3n) is 2.80. The number of aliphatic hydroxyl groups excluding tert-OH is 1. The average Bonchev–Trinajstić information content (AvgIpc) is 2.75. The Morgan fingerprint density at radius 3 is 2.47 bits per heavy atom. The van der Waals surface area contributed by atoms with Crippen molar-refractivity contribution in [1.82, 2.24) is 0 Å². The molecule has 1 heterocycles. The third kappa shape index (κ3) is 2.51. The predicted octanol–water partition coefficient (Wildman–Crippen LogP) is 3.46. The molecule has 2 rings (SSSR count). The summed E-state index contributed by atoms with van der Waals surface area (Å²) in [5.74, 6) is 0.849.